The second-order valence-corrected chi connectivity index (χ2v) is 7.00. The fraction of sp³-hybridized carbons (Fsp3) is 0.333. The molecule has 1 aliphatic rings. The Labute approximate surface area is 159 Å². The van der Waals surface area contributed by atoms with Crippen LogP contribution in [0.2, 0.25) is 0 Å². The van der Waals surface area contributed by atoms with Gasteiger partial charge in [0.05, 0.1) is 6.20 Å². The number of amides is 1. The molecule has 3 heterocycles. The number of hydrogen-bond acceptors (Lipinski definition) is 3. The summed E-state index contributed by atoms with van der Waals surface area (Å²) >= 11 is 0. The Morgan fingerprint density at radius 2 is 1.78 bits per heavy atom. The zero-order valence-electron chi connectivity index (χ0n) is 15.7. The zero-order valence-corrected chi connectivity index (χ0v) is 15.7. The average Bonchev–Trinajstić information content (AvgIpc) is 3.27. The molecule has 0 saturated carbocycles. The van der Waals surface area contributed by atoms with Gasteiger partial charge in [-0.15, -0.1) is 0 Å². The second-order valence-electron chi connectivity index (χ2n) is 7.00. The molecule has 6 heteroatoms. The van der Waals surface area contributed by atoms with Crippen LogP contribution in [0.5, 0.6) is 0 Å². The van der Waals surface area contributed by atoms with Crippen LogP contribution < -0.4 is 0 Å². The van der Waals surface area contributed by atoms with Crippen molar-refractivity contribution >= 4 is 5.91 Å². The van der Waals surface area contributed by atoms with E-state index in [0.717, 1.165) is 45.0 Å². The molecule has 0 unspecified atom stereocenters. The maximum Gasteiger partial charge on any atom is 0.259 e. The number of nitrogens with zero attached hydrogens (tertiary/aromatic N) is 5. The van der Waals surface area contributed by atoms with Gasteiger partial charge in [-0.1, -0.05) is 30.3 Å². The summed E-state index contributed by atoms with van der Waals surface area (Å²) in [5.74, 6) is 0.878. The highest BCUT2D eigenvalue weighted by Gasteiger charge is 2.25. The van der Waals surface area contributed by atoms with E-state index in [1.165, 1.54) is 5.56 Å². The van der Waals surface area contributed by atoms with Crippen molar-refractivity contribution in [3.05, 3.63) is 72.2 Å². The summed E-state index contributed by atoms with van der Waals surface area (Å²) in [6.07, 6.45) is 6.55. The lowest BCUT2D eigenvalue weighted by Crippen LogP contribution is -2.35. The van der Waals surface area contributed by atoms with E-state index in [1.807, 2.05) is 47.1 Å². The van der Waals surface area contributed by atoms with Crippen LogP contribution >= 0.6 is 0 Å². The molecular weight excluding hydrogens is 338 g/mol. The van der Waals surface area contributed by atoms with Crippen LogP contribution in [0.15, 0.2) is 61.1 Å². The molecule has 0 N–H and O–H groups in total. The molecule has 6 nitrogen and oxygen atoms in total. The van der Waals surface area contributed by atoms with Crippen LogP contribution in [0.1, 0.15) is 22.3 Å². The fourth-order valence-corrected chi connectivity index (χ4v) is 3.71. The Hall–Kier alpha value is -2.86. The monoisotopic (exact) mass is 363 g/mol. The summed E-state index contributed by atoms with van der Waals surface area (Å²) in [6.45, 7) is 4.36. The lowest BCUT2D eigenvalue weighted by atomic mass is 10.2. The third kappa shape index (κ3) is 3.80. The third-order valence-corrected chi connectivity index (χ3v) is 5.11. The summed E-state index contributed by atoms with van der Waals surface area (Å²) in [5, 5.41) is 4.32. The first kappa shape index (κ1) is 17.5. The normalized spacial score (nSPS) is 15.7. The van der Waals surface area contributed by atoms with Gasteiger partial charge in [-0.3, -0.25) is 14.4 Å². The summed E-state index contributed by atoms with van der Waals surface area (Å²) in [6, 6.07) is 14.4. The molecule has 1 aliphatic heterocycles. The van der Waals surface area contributed by atoms with Crippen LogP contribution in [0.3, 0.4) is 0 Å². The molecule has 0 atom stereocenters. The molecule has 1 amide bonds. The minimum absolute atomic E-state index is 0.0633. The first-order chi connectivity index (χ1) is 13.2. The maximum atomic E-state index is 13.2. The van der Waals surface area contributed by atoms with Crippen LogP contribution in [-0.4, -0.2) is 56.2 Å². The Morgan fingerprint density at radius 3 is 2.56 bits per heavy atom. The van der Waals surface area contributed by atoms with Crippen molar-refractivity contribution in [1.29, 1.82) is 0 Å². The quantitative estimate of drug-likeness (QED) is 0.716. The minimum Gasteiger partial charge on any atom is -0.337 e. The summed E-state index contributed by atoms with van der Waals surface area (Å²) in [5.41, 5.74) is 1.98. The van der Waals surface area contributed by atoms with Crippen LogP contribution in [-0.2, 0) is 13.6 Å². The van der Waals surface area contributed by atoms with E-state index in [1.54, 1.807) is 10.9 Å². The van der Waals surface area contributed by atoms with Gasteiger partial charge in [0, 0.05) is 52.2 Å². The molecule has 2 aromatic heterocycles. The third-order valence-electron chi connectivity index (χ3n) is 5.11. The molecule has 1 saturated heterocycles. The van der Waals surface area contributed by atoms with Crippen LogP contribution in [0.25, 0.3) is 5.82 Å². The van der Waals surface area contributed by atoms with E-state index in [4.69, 9.17) is 0 Å². The average molecular weight is 363 g/mol. The van der Waals surface area contributed by atoms with Crippen molar-refractivity contribution in [3.8, 4) is 5.82 Å². The van der Waals surface area contributed by atoms with E-state index in [0.29, 0.717) is 5.56 Å². The van der Waals surface area contributed by atoms with E-state index in [9.17, 15) is 4.79 Å². The number of benzene rings is 1. The number of hydrogen-bond donors (Lipinski definition) is 0. The Kier molecular flexibility index (Phi) is 5.07. The van der Waals surface area contributed by atoms with E-state index < -0.39 is 0 Å². The van der Waals surface area contributed by atoms with E-state index >= 15 is 0 Å². The predicted molar refractivity (Wildman–Crippen MR) is 105 cm³/mol. The standard InChI is InChI=1S/C21H25N5O/c1-23-20(25-11-5-6-12-25)19(16-22-23)21(27)26-13-7-10-24(14-15-26)17-18-8-3-2-4-9-18/h2-6,8-9,11-12,16H,7,10,13-15,17H2,1H3. The van der Waals surface area contributed by atoms with Gasteiger partial charge < -0.3 is 9.47 Å². The smallest absolute Gasteiger partial charge is 0.259 e. The Balaban J connectivity index is 1.46. The number of carbonyl (C=O) groups is 1. The second kappa shape index (κ2) is 7.80. The molecule has 1 fully saturated rings. The van der Waals surface area contributed by atoms with Crippen molar-refractivity contribution in [3.63, 3.8) is 0 Å². The van der Waals surface area contributed by atoms with Crippen molar-refractivity contribution in [2.75, 3.05) is 26.2 Å². The number of carbonyl (C=O) groups excluding carboxylic acids is 1. The zero-order chi connectivity index (χ0) is 18.6. The van der Waals surface area contributed by atoms with Gasteiger partial charge in [0.1, 0.15) is 11.4 Å². The van der Waals surface area contributed by atoms with E-state index in [-0.39, 0.29) is 5.91 Å². The summed E-state index contributed by atoms with van der Waals surface area (Å²) in [4.78, 5) is 17.6. The maximum absolute atomic E-state index is 13.2. The van der Waals surface area contributed by atoms with Gasteiger partial charge >= 0.3 is 0 Å². The molecule has 1 aromatic carbocycles. The lowest BCUT2D eigenvalue weighted by Gasteiger charge is -2.22. The summed E-state index contributed by atoms with van der Waals surface area (Å²) in [7, 11) is 1.87. The Bertz CT molecular complexity index is 885. The Morgan fingerprint density at radius 1 is 1.00 bits per heavy atom. The van der Waals surface area contributed by atoms with Crippen molar-refractivity contribution in [1.82, 2.24) is 24.1 Å². The van der Waals surface area contributed by atoms with Gasteiger partial charge in [0.25, 0.3) is 5.91 Å². The molecule has 0 radical (unpaired) electrons. The number of aryl methyl sites for hydroxylation is 1. The molecule has 4 rings (SSSR count). The van der Waals surface area contributed by atoms with Crippen molar-refractivity contribution in [2.24, 2.45) is 7.05 Å². The minimum atomic E-state index is 0.0633. The molecular formula is C21H25N5O. The lowest BCUT2D eigenvalue weighted by molar-refractivity contribution is 0.0761. The molecule has 0 bridgehead atoms. The van der Waals surface area contributed by atoms with Gasteiger partial charge in [0.2, 0.25) is 0 Å². The number of aromatic nitrogens is 3. The topological polar surface area (TPSA) is 46.3 Å². The van der Waals surface area contributed by atoms with Gasteiger partial charge in [-0.2, -0.15) is 5.10 Å². The largest absolute Gasteiger partial charge is 0.337 e. The van der Waals surface area contributed by atoms with Gasteiger partial charge in [-0.25, -0.2) is 0 Å². The van der Waals surface area contributed by atoms with E-state index in [2.05, 4.69) is 34.3 Å². The van der Waals surface area contributed by atoms with Crippen molar-refractivity contribution < 1.29 is 4.79 Å². The highest BCUT2D eigenvalue weighted by Crippen LogP contribution is 2.18. The molecule has 0 aliphatic carbocycles. The SMILES string of the molecule is Cn1ncc(C(=O)N2CCCN(Cc3ccccc3)CC2)c1-n1cccc1. The summed E-state index contributed by atoms with van der Waals surface area (Å²) < 4.78 is 3.70. The van der Waals surface area contributed by atoms with Gasteiger partial charge in [0.15, 0.2) is 0 Å². The predicted octanol–water partition coefficient (Wildman–Crippen LogP) is 2.56. The molecule has 27 heavy (non-hydrogen) atoms. The van der Waals surface area contributed by atoms with Crippen molar-refractivity contribution in [2.45, 2.75) is 13.0 Å². The molecule has 3 aromatic rings. The highest BCUT2D eigenvalue weighted by molar-refractivity contribution is 5.97. The molecule has 0 spiro atoms. The van der Waals surface area contributed by atoms with Gasteiger partial charge in [-0.05, 0) is 24.1 Å². The fourth-order valence-electron chi connectivity index (χ4n) is 3.71. The highest BCUT2D eigenvalue weighted by atomic mass is 16.2. The first-order valence-electron chi connectivity index (χ1n) is 9.43. The number of rotatable bonds is 4. The van der Waals surface area contributed by atoms with Crippen LogP contribution in [0, 0.1) is 0 Å². The first-order valence-corrected chi connectivity index (χ1v) is 9.43. The van der Waals surface area contributed by atoms with Crippen LogP contribution in [0.4, 0.5) is 0 Å². The molecule has 140 valence electrons.